The summed E-state index contributed by atoms with van der Waals surface area (Å²) in [4.78, 5) is 21.3. The van der Waals surface area contributed by atoms with Gasteiger partial charge in [-0.2, -0.15) is 0 Å². The molecule has 0 heterocycles. The zero-order chi connectivity index (χ0) is 17.2. The first-order chi connectivity index (χ1) is 11.2. The van der Waals surface area contributed by atoms with Crippen LogP contribution in [0, 0.1) is 5.92 Å². The summed E-state index contributed by atoms with van der Waals surface area (Å²) in [7, 11) is 0. The number of ether oxygens (including phenoxy) is 1. The summed E-state index contributed by atoms with van der Waals surface area (Å²) >= 11 is 0. The van der Waals surface area contributed by atoms with Crippen molar-refractivity contribution in [3.05, 3.63) is 0 Å². The van der Waals surface area contributed by atoms with Crippen molar-refractivity contribution in [1.82, 2.24) is 0 Å². The fraction of sp³-hybridized carbons (Fsp3) is 0.900. The van der Waals surface area contributed by atoms with Crippen molar-refractivity contribution in [3.8, 4) is 0 Å². The van der Waals surface area contributed by atoms with Crippen molar-refractivity contribution >= 4 is 12.4 Å². The van der Waals surface area contributed by atoms with E-state index in [9.17, 15) is 9.59 Å². The minimum Gasteiger partial charge on any atom is -0.395 e. The first-order valence-electron chi connectivity index (χ1n) is 9.86. The largest absolute Gasteiger partial charge is 0.395 e. The van der Waals surface area contributed by atoms with E-state index in [0.717, 1.165) is 12.8 Å². The molecule has 0 bridgehead atoms. The van der Waals surface area contributed by atoms with E-state index in [0.29, 0.717) is 0 Å². The zero-order valence-electron chi connectivity index (χ0n) is 15.5. The van der Waals surface area contributed by atoms with E-state index < -0.39 is 5.97 Å². The molecule has 0 radical (unpaired) electrons. The molecule has 0 aromatic carbocycles. The standard InChI is InChI=1S/C20H38O3/c1-3-4-5-6-7-8-9-10-11-12-13-14-15-16-17-19(2)20(22)23-18-21/h18-19H,3-17H2,1-2H3. The van der Waals surface area contributed by atoms with Crippen molar-refractivity contribution < 1.29 is 14.3 Å². The highest BCUT2D eigenvalue weighted by Crippen LogP contribution is 2.15. The monoisotopic (exact) mass is 326 g/mol. The minimum absolute atomic E-state index is 0.155. The molecule has 0 fully saturated rings. The van der Waals surface area contributed by atoms with Gasteiger partial charge in [0, 0.05) is 0 Å². The summed E-state index contributed by atoms with van der Waals surface area (Å²) in [6.07, 6.45) is 19.5. The van der Waals surface area contributed by atoms with Gasteiger partial charge in [-0.25, -0.2) is 0 Å². The average Bonchev–Trinajstić information content (AvgIpc) is 2.55. The Kier molecular flexibility index (Phi) is 16.8. The predicted octanol–water partition coefficient (Wildman–Crippen LogP) is 6.19. The lowest BCUT2D eigenvalue weighted by Crippen LogP contribution is -2.13. The molecule has 0 saturated heterocycles. The van der Waals surface area contributed by atoms with Crippen molar-refractivity contribution in [1.29, 1.82) is 0 Å². The number of rotatable bonds is 17. The van der Waals surface area contributed by atoms with Crippen LogP contribution in [0.2, 0.25) is 0 Å². The molecule has 0 saturated carbocycles. The molecule has 1 unspecified atom stereocenters. The topological polar surface area (TPSA) is 43.4 Å². The van der Waals surface area contributed by atoms with Gasteiger partial charge in [-0.3, -0.25) is 9.59 Å². The highest BCUT2D eigenvalue weighted by Gasteiger charge is 2.13. The maximum atomic E-state index is 11.3. The van der Waals surface area contributed by atoms with Crippen LogP contribution < -0.4 is 0 Å². The van der Waals surface area contributed by atoms with E-state index in [1.165, 1.54) is 83.5 Å². The molecule has 1 atom stereocenters. The van der Waals surface area contributed by atoms with Gasteiger partial charge in [0.25, 0.3) is 0 Å². The third-order valence-corrected chi connectivity index (χ3v) is 4.56. The van der Waals surface area contributed by atoms with Crippen LogP contribution >= 0.6 is 0 Å². The molecule has 0 spiro atoms. The second-order valence-corrected chi connectivity index (χ2v) is 6.82. The van der Waals surface area contributed by atoms with E-state index in [2.05, 4.69) is 11.7 Å². The van der Waals surface area contributed by atoms with Gasteiger partial charge in [0.15, 0.2) is 0 Å². The Hall–Kier alpha value is -0.860. The molecular weight excluding hydrogens is 288 g/mol. The van der Waals surface area contributed by atoms with E-state index in [4.69, 9.17) is 0 Å². The highest BCUT2D eigenvalue weighted by atomic mass is 16.6. The maximum absolute atomic E-state index is 11.3. The molecule has 23 heavy (non-hydrogen) atoms. The SMILES string of the molecule is CCCCCCCCCCCCCCCCC(C)C(=O)OC=O. The third-order valence-electron chi connectivity index (χ3n) is 4.56. The lowest BCUT2D eigenvalue weighted by atomic mass is 10.0. The van der Waals surface area contributed by atoms with Crippen molar-refractivity contribution in [2.24, 2.45) is 5.92 Å². The van der Waals surface area contributed by atoms with Gasteiger partial charge in [0.05, 0.1) is 5.92 Å². The minimum atomic E-state index is -0.394. The first kappa shape index (κ1) is 22.1. The fourth-order valence-corrected chi connectivity index (χ4v) is 2.93. The number of hydrogen-bond donors (Lipinski definition) is 0. The van der Waals surface area contributed by atoms with Gasteiger partial charge in [-0.05, 0) is 6.42 Å². The quantitative estimate of drug-likeness (QED) is 0.138. The van der Waals surface area contributed by atoms with Crippen molar-refractivity contribution in [2.45, 2.75) is 110 Å². The maximum Gasteiger partial charge on any atom is 0.316 e. The Morgan fingerprint density at radius 2 is 1.17 bits per heavy atom. The molecule has 0 rings (SSSR count). The molecule has 3 nitrogen and oxygen atoms in total. The first-order valence-corrected chi connectivity index (χ1v) is 9.86. The lowest BCUT2D eigenvalue weighted by Gasteiger charge is -2.07. The van der Waals surface area contributed by atoms with Gasteiger partial charge in [0.2, 0.25) is 0 Å². The lowest BCUT2D eigenvalue weighted by molar-refractivity contribution is -0.154. The zero-order valence-corrected chi connectivity index (χ0v) is 15.5. The van der Waals surface area contributed by atoms with Crippen LogP contribution in [0.15, 0.2) is 0 Å². The Balaban J connectivity index is 3.16. The van der Waals surface area contributed by atoms with Crippen LogP contribution in [-0.2, 0) is 14.3 Å². The normalized spacial score (nSPS) is 12.1. The molecule has 0 aliphatic rings. The number of hydrogen-bond acceptors (Lipinski definition) is 3. The molecule has 3 heteroatoms. The van der Waals surface area contributed by atoms with Gasteiger partial charge >= 0.3 is 12.4 Å². The van der Waals surface area contributed by atoms with E-state index in [1.54, 1.807) is 0 Å². The Bertz CT molecular complexity index is 276. The Morgan fingerprint density at radius 3 is 1.57 bits per heavy atom. The summed E-state index contributed by atoms with van der Waals surface area (Å²) < 4.78 is 4.35. The van der Waals surface area contributed by atoms with Crippen molar-refractivity contribution in [2.75, 3.05) is 0 Å². The number of esters is 1. The molecule has 0 aromatic rings. The smallest absolute Gasteiger partial charge is 0.316 e. The molecular formula is C20H38O3. The fourth-order valence-electron chi connectivity index (χ4n) is 2.93. The molecule has 0 aromatic heterocycles. The van der Waals surface area contributed by atoms with E-state index in [1.807, 2.05) is 6.92 Å². The second-order valence-electron chi connectivity index (χ2n) is 6.82. The summed E-state index contributed by atoms with van der Waals surface area (Å²) in [5.74, 6) is -0.549. The summed E-state index contributed by atoms with van der Waals surface area (Å²) in [5.41, 5.74) is 0. The summed E-state index contributed by atoms with van der Waals surface area (Å²) in [5, 5.41) is 0. The number of carbonyl (C=O) groups is 2. The van der Waals surface area contributed by atoms with Gasteiger partial charge in [-0.1, -0.05) is 104 Å². The molecule has 0 aliphatic heterocycles. The molecule has 0 aliphatic carbocycles. The van der Waals surface area contributed by atoms with E-state index >= 15 is 0 Å². The third kappa shape index (κ3) is 15.8. The number of carbonyl (C=O) groups excluding carboxylic acids is 2. The van der Waals surface area contributed by atoms with Gasteiger partial charge in [-0.15, -0.1) is 0 Å². The molecule has 136 valence electrons. The van der Waals surface area contributed by atoms with Crippen LogP contribution in [0.4, 0.5) is 0 Å². The van der Waals surface area contributed by atoms with Crippen LogP contribution in [0.25, 0.3) is 0 Å². The van der Waals surface area contributed by atoms with Crippen LogP contribution in [-0.4, -0.2) is 12.4 Å². The van der Waals surface area contributed by atoms with Crippen LogP contribution in [0.3, 0.4) is 0 Å². The van der Waals surface area contributed by atoms with E-state index in [-0.39, 0.29) is 12.4 Å². The van der Waals surface area contributed by atoms with Gasteiger partial charge < -0.3 is 4.74 Å². The summed E-state index contributed by atoms with van der Waals surface area (Å²) in [6, 6.07) is 0. The van der Waals surface area contributed by atoms with Crippen LogP contribution in [0.1, 0.15) is 110 Å². The summed E-state index contributed by atoms with van der Waals surface area (Å²) in [6.45, 7) is 4.32. The molecule has 0 N–H and O–H groups in total. The predicted molar refractivity (Wildman–Crippen MR) is 96.2 cm³/mol. The average molecular weight is 327 g/mol. The Morgan fingerprint density at radius 1 is 0.783 bits per heavy atom. The van der Waals surface area contributed by atoms with Crippen LogP contribution in [0.5, 0.6) is 0 Å². The highest BCUT2D eigenvalue weighted by molar-refractivity contribution is 5.78. The van der Waals surface area contributed by atoms with Crippen molar-refractivity contribution in [3.63, 3.8) is 0 Å². The van der Waals surface area contributed by atoms with Gasteiger partial charge in [0.1, 0.15) is 0 Å². The Labute approximate surface area is 143 Å². The number of unbranched alkanes of at least 4 members (excludes halogenated alkanes) is 13. The molecule has 0 amide bonds. The second kappa shape index (κ2) is 17.5.